The summed E-state index contributed by atoms with van der Waals surface area (Å²) >= 11 is 0. The second-order valence-electron chi connectivity index (χ2n) is 4.84. The Hall–Kier alpha value is -1.94. The summed E-state index contributed by atoms with van der Waals surface area (Å²) in [4.78, 5) is 12.6. The van der Waals surface area contributed by atoms with Crippen LogP contribution >= 0.6 is 0 Å². The molecule has 0 spiro atoms. The molecule has 2 N–H and O–H groups in total. The van der Waals surface area contributed by atoms with Crippen molar-refractivity contribution in [3.05, 3.63) is 53.9 Å². The van der Waals surface area contributed by atoms with Gasteiger partial charge in [-0.1, -0.05) is 37.3 Å². The van der Waals surface area contributed by atoms with E-state index >= 15 is 0 Å². The van der Waals surface area contributed by atoms with Gasteiger partial charge in [-0.2, -0.15) is 5.10 Å². The summed E-state index contributed by atoms with van der Waals surface area (Å²) in [5.74, 6) is -0.107. The van der Waals surface area contributed by atoms with Crippen molar-refractivity contribution < 1.29 is 4.79 Å². The fraction of sp³-hybridized carbons (Fsp3) is 0.333. The molecule has 1 aromatic heterocycles. The number of carbonyl (C=O) groups is 1. The largest absolute Gasteiger partial charge is 0.315 e. The van der Waals surface area contributed by atoms with Crippen LogP contribution in [0.25, 0.3) is 0 Å². The lowest BCUT2D eigenvalue weighted by atomic mass is 9.87. The number of ketones is 1. The summed E-state index contributed by atoms with van der Waals surface area (Å²) in [6.45, 7) is 4.52. The first kappa shape index (κ1) is 13.5. The smallest absolute Gasteiger partial charge is 0.204 e. The van der Waals surface area contributed by atoms with Gasteiger partial charge < -0.3 is 5.73 Å². The molecule has 100 valence electrons. The van der Waals surface area contributed by atoms with E-state index < -0.39 is 5.54 Å². The molecule has 0 bridgehead atoms. The molecule has 0 saturated heterocycles. The van der Waals surface area contributed by atoms with Crippen molar-refractivity contribution >= 4 is 5.78 Å². The molecule has 2 rings (SSSR count). The van der Waals surface area contributed by atoms with Gasteiger partial charge in [0.05, 0.1) is 0 Å². The Morgan fingerprint density at radius 1 is 1.32 bits per heavy atom. The van der Waals surface area contributed by atoms with E-state index in [1.807, 2.05) is 30.3 Å². The molecule has 19 heavy (non-hydrogen) atoms. The summed E-state index contributed by atoms with van der Waals surface area (Å²) in [5, 5.41) is 4.17. The Kier molecular flexibility index (Phi) is 3.81. The van der Waals surface area contributed by atoms with E-state index in [1.54, 1.807) is 23.9 Å². The number of nitrogens with zero attached hydrogens (tertiary/aromatic N) is 2. The monoisotopic (exact) mass is 257 g/mol. The summed E-state index contributed by atoms with van der Waals surface area (Å²) < 4.78 is 1.72. The molecule has 0 aliphatic rings. The van der Waals surface area contributed by atoms with Crippen molar-refractivity contribution in [2.45, 2.75) is 32.4 Å². The third-order valence-electron chi connectivity index (χ3n) is 3.23. The van der Waals surface area contributed by atoms with E-state index in [1.165, 1.54) is 0 Å². The molecule has 0 aliphatic carbocycles. The molecule has 4 nitrogen and oxygen atoms in total. The maximum Gasteiger partial charge on any atom is 0.204 e. The second-order valence-corrected chi connectivity index (χ2v) is 4.84. The molecule has 1 heterocycles. The van der Waals surface area contributed by atoms with E-state index in [9.17, 15) is 4.79 Å². The fourth-order valence-corrected chi connectivity index (χ4v) is 2.10. The number of aryl methyl sites for hydroxylation is 1. The van der Waals surface area contributed by atoms with E-state index in [2.05, 4.69) is 12.0 Å². The standard InChI is InChI=1S/C15H19N3O/c1-3-11-18-13(9-10-17-18)14(19)15(2,16)12-7-5-4-6-8-12/h4-10H,3,11,16H2,1-2H3. The van der Waals surface area contributed by atoms with Gasteiger partial charge >= 0.3 is 0 Å². The van der Waals surface area contributed by atoms with Crippen LogP contribution in [0.5, 0.6) is 0 Å². The van der Waals surface area contributed by atoms with Gasteiger partial charge in [0.15, 0.2) is 0 Å². The van der Waals surface area contributed by atoms with Gasteiger partial charge in [-0.3, -0.25) is 9.48 Å². The number of rotatable bonds is 5. The van der Waals surface area contributed by atoms with Gasteiger partial charge in [-0.15, -0.1) is 0 Å². The Morgan fingerprint density at radius 3 is 2.63 bits per heavy atom. The van der Waals surface area contributed by atoms with Crippen LogP contribution in [0.3, 0.4) is 0 Å². The maximum absolute atomic E-state index is 12.6. The molecule has 1 aromatic carbocycles. The highest BCUT2D eigenvalue weighted by Gasteiger charge is 2.33. The quantitative estimate of drug-likeness (QED) is 0.836. The lowest BCUT2D eigenvalue weighted by Gasteiger charge is -2.23. The van der Waals surface area contributed by atoms with Crippen molar-refractivity contribution in [1.29, 1.82) is 0 Å². The predicted octanol–water partition coefficient (Wildman–Crippen LogP) is 2.35. The summed E-state index contributed by atoms with van der Waals surface area (Å²) in [7, 11) is 0. The topological polar surface area (TPSA) is 60.9 Å². The second kappa shape index (κ2) is 5.36. The third kappa shape index (κ3) is 2.58. The number of hydrogen-bond acceptors (Lipinski definition) is 3. The first-order valence-electron chi connectivity index (χ1n) is 6.48. The molecule has 1 atom stereocenters. The molecular formula is C15H19N3O. The first-order valence-corrected chi connectivity index (χ1v) is 6.48. The molecule has 1 unspecified atom stereocenters. The zero-order chi connectivity index (χ0) is 13.9. The maximum atomic E-state index is 12.6. The fourth-order valence-electron chi connectivity index (χ4n) is 2.10. The van der Waals surface area contributed by atoms with E-state index in [0.29, 0.717) is 5.69 Å². The lowest BCUT2D eigenvalue weighted by molar-refractivity contribution is 0.0888. The van der Waals surface area contributed by atoms with Crippen LogP contribution in [-0.4, -0.2) is 15.6 Å². The predicted molar refractivity (Wildman–Crippen MR) is 74.8 cm³/mol. The molecular weight excluding hydrogens is 238 g/mol. The van der Waals surface area contributed by atoms with Crippen LogP contribution in [0.15, 0.2) is 42.6 Å². The molecule has 0 amide bonds. The van der Waals surface area contributed by atoms with Crippen molar-refractivity contribution in [3.8, 4) is 0 Å². The zero-order valence-corrected chi connectivity index (χ0v) is 11.3. The van der Waals surface area contributed by atoms with Gasteiger partial charge in [-0.05, 0) is 25.0 Å². The summed E-state index contributed by atoms with van der Waals surface area (Å²) in [5.41, 5.74) is 6.59. The highest BCUT2D eigenvalue weighted by molar-refractivity contribution is 6.02. The molecule has 0 aliphatic heterocycles. The minimum Gasteiger partial charge on any atom is -0.315 e. The van der Waals surface area contributed by atoms with Crippen LogP contribution in [0.4, 0.5) is 0 Å². The Labute approximate surface area is 113 Å². The number of benzene rings is 1. The highest BCUT2D eigenvalue weighted by Crippen LogP contribution is 2.22. The van der Waals surface area contributed by atoms with Crippen LogP contribution in [0.1, 0.15) is 36.3 Å². The van der Waals surface area contributed by atoms with Gasteiger partial charge in [0, 0.05) is 12.7 Å². The van der Waals surface area contributed by atoms with Gasteiger partial charge in [0.2, 0.25) is 5.78 Å². The van der Waals surface area contributed by atoms with Crippen molar-refractivity contribution in [3.63, 3.8) is 0 Å². The van der Waals surface area contributed by atoms with E-state index in [4.69, 9.17) is 5.73 Å². The van der Waals surface area contributed by atoms with Crippen molar-refractivity contribution in [1.82, 2.24) is 9.78 Å². The average molecular weight is 257 g/mol. The van der Waals surface area contributed by atoms with Crippen LogP contribution < -0.4 is 5.73 Å². The number of Topliss-reactive ketones (excluding diaryl/α,β-unsaturated/α-hetero) is 1. The van der Waals surface area contributed by atoms with Gasteiger partial charge in [-0.25, -0.2) is 0 Å². The Bertz CT molecular complexity index is 558. The Morgan fingerprint density at radius 2 is 2.00 bits per heavy atom. The number of carbonyl (C=O) groups excluding carboxylic acids is 1. The summed E-state index contributed by atoms with van der Waals surface area (Å²) in [6, 6.07) is 11.2. The molecule has 0 fully saturated rings. The molecule has 4 heteroatoms. The Balaban J connectivity index is 2.35. The number of aromatic nitrogens is 2. The zero-order valence-electron chi connectivity index (χ0n) is 11.3. The van der Waals surface area contributed by atoms with Crippen molar-refractivity contribution in [2.24, 2.45) is 5.73 Å². The van der Waals surface area contributed by atoms with Crippen LogP contribution in [0.2, 0.25) is 0 Å². The van der Waals surface area contributed by atoms with Crippen LogP contribution in [-0.2, 0) is 12.1 Å². The lowest BCUT2D eigenvalue weighted by Crippen LogP contribution is -2.42. The highest BCUT2D eigenvalue weighted by atomic mass is 16.1. The van der Waals surface area contributed by atoms with E-state index in [-0.39, 0.29) is 5.78 Å². The minimum absolute atomic E-state index is 0.107. The van der Waals surface area contributed by atoms with Gasteiger partial charge in [0.1, 0.15) is 11.2 Å². The average Bonchev–Trinajstić information content (AvgIpc) is 2.87. The number of hydrogen-bond donors (Lipinski definition) is 1. The van der Waals surface area contributed by atoms with E-state index in [0.717, 1.165) is 18.5 Å². The molecule has 0 radical (unpaired) electrons. The SMILES string of the molecule is CCCn1nccc1C(=O)C(C)(N)c1ccccc1. The first-order chi connectivity index (χ1) is 9.07. The van der Waals surface area contributed by atoms with Crippen LogP contribution in [0, 0.1) is 0 Å². The molecule has 2 aromatic rings. The summed E-state index contributed by atoms with van der Waals surface area (Å²) in [6.07, 6.45) is 2.57. The minimum atomic E-state index is -1.03. The normalized spacial score (nSPS) is 14.1. The third-order valence-corrected chi connectivity index (χ3v) is 3.23. The molecule has 0 saturated carbocycles. The van der Waals surface area contributed by atoms with Crippen molar-refractivity contribution in [2.75, 3.05) is 0 Å². The van der Waals surface area contributed by atoms with Gasteiger partial charge in [0.25, 0.3) is 0 Å². The number of nitrogens with two attached hydrogens (primary N) is 1.